The van der Waals surface area contributed by atoms with Gasteiger partial charge in [0.1, 0.15) is 67.1 Å². The zero-order chi connectivity index (χ0) is 72.5. The second-order valence-corrected chi connectivity index (χ2v) is 28.9. The number of carbonyl (C=O) groups is 3. The molecule has 2 amide bonds. The topological polar surface area (TPSA) is 373 Å². The van der Waals surface area contributed by atoms with E-state index in [0.29, 0.717) is 19.3 Å². The molecule has 99 heavy (non-hydrogen) atoms. The highest BCUT2D eigenvalue weighted by atomic mass is 16.8. The second kappa shape index (κ2) is 55.9. The van der Waals surface area contributed by atoms with Gasteiger partial charge in [-0.15, -0.1) is 0 Å². The van der Waals surface area contributed by atoms with Crippen LogP contribution in [0.15, 0.2) is 12.2 Å². The SMILES string of the molecule is CCCCCCCCCCCCCC/C=C\CCCCCCCCCCCC(=O)NC(COC1OC(CO)C(OC2OC(CO)C(O)C(OC3(C(=O)O)CC(O)C(NC(C)=O)C(C(O)C(O)CO)O3)C2O)C(O)C1O)C(O)CCCCCCCCCCCCCCCCCCCCCC. The number of carbonyl (C=O) groups excluding carboxylic acids is 2. The first-order valence-electron chi connectivity index (χ1n) is 39.5. The average molecular weight is 1420 g/mol. The van der Waals surface area contributed by atoms with E-state index in [2.05, 4.69) is 36.6 Å². The number of nitrogens with one attached hydrogen (secondary N) is 2. The van der Waals surface area contributed by atoms with Gasteiger partial charge in [-0.25, -0.2) is 4.79 Å². The maximum absolute atomic E-state index is 13.5. The molecule has 0 bridgehead atoms. The molecular weight excluding hydrogens is 1280 g/mol. The molecule has 18 atom stereocenters. The molecule has 0 aliphatic carbocycles. The summed E-state index contributed by atoms with van der Waals surface area (Å²) >= 11 is 0. The van der Waals surface area contributed by atoms with Crippen molar-refractivity contribution in [1.82, 2.24) is 10.6 Å². The third-order valence-corrected chi connectivity index (χ3v) is 20.2. The molecule has 0 saturated carbocycles. The molecule has 0 aromatic heterocycles. The van der Waals surface area contributed by atoms with Crippen molar-refractivity contribution in [2.75, 3.05) is 26.4 Å². The molecule has 3 saturated heterocycles. The first-order chi connectivity index (χ1) is 47.9. The van der Waals surface area contributed by atoms with Crippen molar-refractivity contribution in [2.24, 2.45) is 0 Å². The molecule has 0 aromatic rings. The Morgan fingerprint density at radius 3 is 1.36 bits per heavy atom. The molecule has 3 rings (SSSR count). The number of carboxylic acid groups (broad SMARTS) is 1. The van der Waals surface area contributed by atoms with Crippen molar-refractivity contribution in [3.8, 4) is 0 Å². The van der Waals surface area contributed by atoms with Crippen LogP contribution >= 0.6 is 0 Å². The summed E-state index contributed by atoms with van der Waals surface area (Å²) in [5, 5.41) is 136. The van der Waals surface area contributed by atoms with Crippen LogP contribution in [0.25, 0.3) is 0 Å². The minimum Gasteiger partial charge on any atom is -0.477 e. The van der Waals surface area contributed by atoms with Crippen molar-refractivity contribution >= 4 is 17.8 Å². The van der Waals surface area contributed by atoms with Gasteiger partial charge in [0.15, 0.2) is 12.6 Å². The van der Waals surface area contributed by atoms with Crippen molar-refractivity contribution in [3.05, 3.63) is 12.2 Å². The molecule has 3 heterocycles. The van der Waals surface area contributed by atoms with Gasteiger partial charge in [-0.3, -0.25) is 9.59 Å². The van der Waals surface area contributed by atoms with Crippen LogP contribution in [0.2, 0.25) is 0 Å². The lowest BCUT2D eigenvalue weighted by atomic mass is 9.88. The summed E-state index contributed by atoms with van der Waals surface area (Å²) in [7, 11) is 0. The predicted octanol–water partition coefficient (Wildman–Crippen LogP) is 9.80. The van der Waals surface area contributed by atoms with Crippen LogP contribution in [0.3, 0.4) is 0 Å². The molecule has 582 valence electrons. The Morgan fingerprint density at radius 2 is 0.939 bits per heavy atom. The van der Waals surface area contributed by atoms with Crippen LogP contribution in [0.4, 0.5) is 0 Å². The third kappa shape index (κ3) is 36.8. The molecule has 18 unspecified atom stereocenters. The molecule has 23 heteroatoms. The summed E-state index contributed by atoms with van der Waals surface area (Å²) in [6, 6.07) is -2.53. The number of aliphatic hydroxyl groups excluding tert-OH is 11. The van der Waals surface area contributed by atoms with Crippen molar-refractivity contribution in [2.45, 2.75) is 426 Å². The van der Waals surface area contributed by atoms with Crippen molar-refractivity contribution in [3.63, 3.8) is 0 Å². The second-order valence-electron chi connectivity index (χ2n) is 28.9. The zero-order valence-corrected chi connectivity index (χ0v) is 61.4. The summed E-state index contributed by atoms with van der Waals surface area (Å²) in [6.45, 7) is 2.25. The number of hydrogen-bond acceptors (Lipinski definition) is 20. The van der Waals surface area contributed by atoms with Gasteiger partial charge >= 0.3 is 5.97 Å². The van der Waals surface area contributed by atoms with Gasteiger partial charge in [0.2, 0.25) is 11.8 Å². The van der Waals surface area contributed by atoms with Crippen LogP contribution in [0.5, 0.6) is 0 Å². The minimum atomic E-state index is -3.08. The number of amides is 2. The average Bonchev–Trinajstić information content (AvgIpc) is 0.757. The molecule has 3 aliphatic rings. The first kappa shape index (κ1) is 90.7. The van der Waals surface area contributed by atoms with Gasteiger partial charge in [-0.2, -0.15) is 0 Å². The fourth-order valence-electron chi connectivity index (χ4n) is 13.9. The van der Waals surface area contributed by atoms with E-state index in [-0.39, 0.29) is 18.9 Å². The molecule has 14 N–H and O–H groups in total. The minimum absolute atomic E-state index is 0.223. The van der Waals surface area contributed by atoms with Crippen LogP contribution in [-0.2, 0) is 42.8 Å². The van der Waals surface area contributed by atoms with Gasteiger partial charge in [0.25, 0.3) is 5.79 Å². The maximum atomic E-state index is 13.5. The Balaban J connectivity index is 1.53. The Labute approximate surface area is 594 Å². The van der Waals surface area contributed by atoms with E-state index in [1.807, 2.05) is 0 Å². The Bertz CT molecular complexity index is 2030. The van der Waals surface area contributed by atoms with Gasteiger partial charge < -0.3 is 100 Å². The quantitative estimate of drug-likeness (QED) is 0.0199. The third-order valence-electron chi connectivity index (χ3n) is 20.2. The molecule has 0 spiro atoms. The van der Waals surface area contributed by atoms with Gasteiger partial charge in [0, 0.05) is 19.8 Å². The summed E-state index contributed by atoms with van der Waals surface area (Å²) in [4.78, 5) is 38.7. The van der Waals surface area contributed by atoms with Gasteiger partial charge in [0.05, 0.1) is 50.7 Å². The molecule has 3 fully saturated rings. The van der Waals surface area contributed by atoms with E-state index >= 15 is 0 Å². The monoisotopic (exact) mass is 1420 g/mol. The lowest BCUT2D eigenvalue weighted by Gasteiger charge is -2.50. The number of aliphatic hydroxyl groups is 11. The highest BCUT2D eigenvalue weighted by Gasteiger charge is 2.60. The van der Waals surface area contributed by atoms with E-state index in [1.165, 1.54) is 205 Å². The van der Waals surface area contributed by atoms with Gasteiger partial charge in [-0.05, 0) is 38.5 Å². The summed E-state index contributed by atoms with van der Waals surface area (Å²) < 4.78 is 35.0. The van der Waals surface area contributed by atoms with Gasteiger partial charge in [-0.1, -0.05) is 270 Å². The Kier molecular flexibility index (Phi) is 51.2. The van der Waals surface area contributed by atoms with Crippen molar-refractivity contribution in [1.29, 1.82) is 0 Å². The van der Waals surface area contributed by atoms with Crippen LogP contribution in [0, 0.1) is 0 Å². The van der Waals surface area contributed by atoms with E-state index < -0.39 is 148 Å². The maximum Gasteiger partial charge on any atom is 0.364 e. The van der Waals surface area contributed by atoms with E-state index in [0.717, 1.165) is 64.7 Å². The molecule has 23 nitrogen and oxygen atoms in total. The molecule has 0 radical (unpaired) electrons. The first-order valence-corrected chi connectivity index (χ1v) is 39.5. The van der Waals surface area contributed by atoms with Crippen LogP contribution in [-0.4, -0.2) is 215 Å². The molecular formula is C76H142N2O21. The standard InChI is InChI=1S/C76H142N2O21/c1-4-6-8-10-12-14-16-18-20-22-24-26-27-28-29-30-32-34-36-38-40-42-44-46-48-50-63(86)78-57(58(83)49-47-45-43-41-39-37-35-33-31-25-23-21-19-17-15-13-11-9-7-5-2)55-94-73-68(90)67(89)70(62(54-81)96-73)97-74-69(91)72(66(88)61(53-80)95-74)99-76(75(92)93)51-59(84)64(77-56(3)82)71(98-76)65(87)60(85)52-79/h28-29,57-62,64-74,79-81,83-85,87-91H,4-27,30-55H2,1-3H3,(H,77,82)(H,78,86)(H,92,93)/b29-28-. The number of rotatable bonds is 62. The number of ether oxygens (including phenoxy) is 6. The Hall–Kier alpha value is -2.53. The summed E-state index contributed by atoms with van der Waals surface area (Å²) in [5.74, 6) is -6.10. The predicted molar refractivity (Wildman–Crippen MR) is 380 cm³/mol. The van der Waals surface area contributed by atoms with E-state index in [4.69, 9.17) is 28.4 Å². The number of carboxylic acids is 1. The van der Waals surface area contributed by atoms with E-state index in [1.54, 1.807) is 0 Å². The normalized spacial score (nSPS) is 27.1. The fraction of sp³-hybridized carbons (Fsp3) is 0.934. The zero-order valence-electron chi connectivity index (χ0n) is 61.4. The summed E-state index contributed by atoms with van der Waals surface area (Å²) in [6.07, 6.45) is 29.1. The highest BCUT2D eigenvalue weighted by molar-refractivity contribution is 5.77. The van der Waals surface area contributed by atoms with Crippen molar-refractivity contribution < 1.29 is 104 Å². The number of unbranched alkanes of at least 4 members (excludes halogenated alkanes) is 40. The molecule has 3 aliphatic heterocycles. The van der Waals surface area contributed by atoms with Crippen LogP contribution < -0.4 is 10.6 Å². The smallest absolute Gasteiger partial charge is 0.364 e. The Morgan fingerprint density at radius 1 is 0.515 bits per heavy atom. The number of allylic oxidation sites excluding steroid dienone is 2. The number of aliphatic carboxylic acids is 1. The summed E-state index contributed by atoms with van der Waals surface area (Å²) in [5.41, 5.74) is 0. The highest BCUT2D eigenvalue weighted by Crippen LogP contribution is 2.39. The van der Waals surface area contributed by atoms with Crippen LogP contribution in [0.1, 0.15) is 316 Å². The fourth-order valence-corrected chi connectivity index (χ4v) is 13.9. The largest absolute Gasteiger partial charge is 0.477 e. The lowest BCUT2D eigenvalue weighted by Crippen LogP contribution is -2.70. The van der Waals surface area contributed by atoms with E-state index in [9.17, 15) is 75.7 Å². The molecule has 0 aromatic carbocycles. The number of hydrogen-bond donors (Lipinski definition) is 14. The lowest BCUT2D eigenvalue weighted by molar-refractivity contribution is -0.386.